The second-order valence-electron chi connectivity index (χ2n) is 4.90. The van der Waals surface area contributed by atoms with Crippen LogP contribution in [-0.4, -0.2) is 0 Å². The van der Waals surface area contributed by atoms with Gasteiger partial charge >= 0.3 is 6.18 Å². The summed E-state index contributed by atoms with van der Waals surface area (Å²) < 4.78 is 39.1. The standard InChI is InChI=1S/C15H13F3N2/c16-15(17,18)13-3-1-2-4-14(13)20-8-10-5-6-12(19)7-11(10)9-20/h1-7H,8-9,19H2. The van der Waals surface area contributed by atoms with Gasteiger partial charge in [-0.15, -0.1) is 0 Å². The van der Waals surface area contributed by atoms with Crippen molar-refractivity contribution in [2.45, 2.75) is 19.3 Å². The number of fused-ring (bicyclic) bond motifs is 1. The van der Waals surface area contributed by atoms with E-state index < -0.39 is 11.7 Å². The Hall–Kier alpha value is -2.17. The van der Waals surface area contributed by atoms with E-state index in [2.05, 4.69) is 0 Å². The van der Waals surface area contributed by atoms with Gasteiger partial charge in [0.05, 0.1) is 5.56 Å². The van der Waals surface area contributed by atoms with Crippen LogP contribution in [0.25, 0.3) is 0 Å². The Morgan fingerprint density at radius 1 is 0.950 bits per heavy atom. The zero-order valence-corrected chi connectivity index (χ0v) is 10.6. The lowest BCUT2D eigenvalue weighted by Gasteiger charge is -2.22. The van der Waals surface area contributed by atoms with Gasteiger partial charge in [0, 0.05) is 24.5 Å². The first-order valence-corrected chi connectivity index (χ1v) is 6.23. The molecule has 5 heteroatoms. The summed E-state index contributed by atoms with van der Waals surface area (Å²) in [6, 6.07) is 11.1. The van der Waals surface area contributed by atoms with Gasteiger partial charge in [0.25, 0.3) is 0 Å². The highest BCUT2D eigenvalue weighted by Crippen LogP contribution is 2.39. The van der Waals surface area contributed by atoms with Gasteiger partial charge in [-0.05, 0) is 35.4 Å². The lowest BCUT2D eigenvalue weighted by atomic mass is 10.1. The predicted molar refractivity (Wildman–Crippen MR) is 72.2 cm³/mol. The molecular weight excluding hydrogens is 265 g/mol. The number of nitrogen functional groups attached to an aromatic ring is 1. The average molecular weight is 278 g/mol. The number of alkyl halides is 3. The maximum Gasteiger partial charge on any atom is 0.418 e. The van der Waals surface area contributed by atoms with Crippen molar-refractivity contribution in [3.8, 4) is 0 Å². The summed E-state index contributed by atoms with van der Waals surface area (Å²) in [5, 5.41) is 0. The fourth-order valence-electron chi connectivity index (χ4n) is 2.57. The SMILES string of the molecule is Nc1ccc2c(c1)CN(c1ccccc1C(F)(F)F)C2. The molecular formula is C15H13F3N2. The van der Waals surface area contributed by atoms with Crippen molar-refractivity contribution in [1.82, 2.24) is 0 Å². The van der Waals surface area contributed by atoms with Crippen molar-refractivity contribution in [3.63, 3.8) is 0 Å². The lowest BCUT2D eigenvalue weighted by molar-refractivity contribution is -0.137. The van der Waals surface area contributed by atoms with Gasteiger partial charge in [-0.3, -0.25) is 0 Å². The van der Waals surface area contributed by atoms with E-state index in [9.17, 15) is 13.2 Å². The summed E-state index contributed by atoms with van der Waals surface area (Å²) in [5.41, 5.74) is 7.98. The number of benzene rings is 2. The second kappa shape index (κ2) is 4.44. The Morgan fingerprint density at radius 2 is 1.65 bits per heavy atom. The molecule has 104 valence electrons. The number of hydrogen-bond acceptors (Lipinski definition) is 2. The molecule has 1 aliphatic heterocycles. The van der Waals surface area contributed by atoms with Gasteiger partial charge in [0.15, 0.2) is 0 Å². The third kappa shape index (κ3) is 2.19. The van der Waals surface area contributed by atoms with Crippen LogP contribution in [-0.2, 0) is 19.3 Å². The smallest absolute Gasteiger partial charge is 0.399 e. The quantitative estimate of drug-likeness (QED) is 0.804. The minimum absolute atomic E-state index is 0.217. The molecule has 1 aliphatic rings. The van der Waals surface area contributed by atoms with Crippen LogP contribution in [0.3, 0.4) is 0 Å². The van der Waals surface area contributed by atoms with Gasteiger partial charge < -0.3 is 10.6 Å². The highest BCUT2D eigenvalue weighted by atomic mass is 19.4. The van der Waals surface area contributed by atoms with Crippen molar-refractivity contribution >= 4 is 11.4 Å². The Labute approximate surface area is 114 Å². The zero-order valence-electron chi connectivity index (χ0n) is 10.6. The first-order chi connectivity index (χ1) is 9.45. The molecule has 0 fully saturated rings. The number of para-hydroxylation sites is 1. The number of nitrogens with zero attached hydrogens (tertiary/aromatic N) is 1. The van der Waals surface area contributed by atoms with Crippen LogP contribution in [0.4, 0.5) is 24.5 Å². The van der Waals surface area contributed by atoms with Crippen molar-refractivity contribution in [1.29, 1.82) is 0 Å². The number of halogens is 3. The van der Waals surface area contributed by atoms with Crippen LogP contribution in [0, 0.1) is 0 Å². The molecule has 0 unspecified atom stereocenters. The molecule has 2 N–H and O–H groups in total. The summed E-state index contributed by atoms with van der Waals surface area (Å²) >= 11 is 0. The molecule has 0 atom stereocenters. The molecule has 3 rings (SSSR count). The van der Waals surface area contributed by atoms with Crippen LogP contribution in [0.5, 0.6) is 0 Å². The largest absolute Gasteiger partial charge is 0.418 e. The number of rotatable bonds is 1. The molecule has 0 spiro atoms. The van der Waals surface area contributed by atoms with Crippen molar-refractivity contribution in [2.75, 3.05) is 10.6 Å². The molecule has 0 saturated carbocycles. The van der Waals surface area contributed by atoms with Crippen molar-refractivity contribution in [3.05, 3.63) is 59.2 Å². The average Bonchev–Trinajstić information content (AvgIpc) is 2.80. The molecule has 0 bridgehead atoms. The molecule has 1 heterocycles. The maximum atomic E-state index is 13.0. The fraction of sp³-hybridized carbons (Fsp3) is 0.200. The molecule has 2 nitrogen and oxygen atoms in total. The molecule has 2 aromatic rings. The highest BCUT2D eigenvalue weighted by Gasteiger charge is 2.35. The molecule has 0 amide bonds. The fourth-order valence-corrected chi connectivity index (χ4v) is 2.57. The Balaban J connectivity index is 1.98. The molecule has 0 radical (unpaired) electrons. The van der Waals surface area contributed by atoms with E-state index in [1.165, 1.54) is 12.1 Å². The first kappa shape index (κ1) is 12.8. The van der Waals surface area contributed by atoms with E-state index in [1.807, 2.05) is 12.1 Å². The first-order valence-electron chi connectivity index (χ1n) is 6.23. The van der Waals surface area contributed by atoms with E-state index in [0.29, 0.717) is 18.8 Å². The minimum Gasteiger partial charge on any atom is -0.399 e. The number of nitrogens with two attached hydrogens (primary N) is 1. The van der Waals surface area contributed by atoms with Crippen LogP contribution in [0.15, 0.2) is 42.5 Å². The summed E-state index contributed by atoms with van der Waals surface area (Å²) in [7, 11) is 0. The van der Waals surface area contributed by atoms with Crippen LogP contribution in [0.1, 0.15) is 16.7 Å². The summed E-state index contributed by atoms with van der Waals surface area (Å²) in [5.74, 6) is 0. The van der Waals surface area contributed by atoms with Gasteiger partial charge in [-0.1, -0.05) is 18.2 Å². The maximum absolute atomic E-state index is 13.0. The predicted octanol–water partition coefficient (Wildman–Crippen LogP) is 3.81. The molecule has 20 heavy (non-hydrogen) atoms. The zero-order chi connectivity index (χ0) is 14.3. The van der Waals surface area contributed by atoms with Crippen LogP contribution >= 0.6 is 0 Å². The second-order valence-corrected chi connectivity index (χ2v) is 4.90. The lowest BCUT2D eigenvalue weighted by Crippen LogP contribution is -2.19. The van der Waals surface area contributed by atoms with E-state index in [4.69, 9.17) is 5.73 Å². The van der Waals surface area contributed by atoms with Crippen LogP contribution < -0.4 is 10.6 Å². The van der Waals surface area contributed by atoms with E-state index in [0.717, 1.165) is 17.2 Å². The monoisotopic (exact) mass is 278 g/mol. The molecule has 2 aromatic carbocycles. The van der Waals surface area contributed by atoms with E-state index in [1.54, 1.807) is 17.0 Å². The third-order valence-electron chi connectivity index (χ3n) is 3.50. The van der Waals surface area contributed by atoms with Gasteiger partial charge in [-0.25, -0.2) is 0 Å². The Kier molecular flexibility index (Phi) is 2.85. The Bertz CT molecular complexity index is 650. The topological polar surface area (TPSA) is 29.3 Å². The minimum atomic E-state index is -4.34. The molecule has 0 saturated heterocycles. The van der Waals surface area contributed by atoms with Gasteiger partial charge in [0.2, 0.25) is 0 Å². The number of hydrogen-bond donors (Lipinski definition) is 1. The van der Waals surface area contributed by atoms with Crippen molar-refractivity contribution < 1.29 is 13.2 Å². The van der Waals surface area contributed by atoms with Gasteiger partial charge in [0.1, 0.15) is 0 Å². The highest BCUT2D eigenvalue weighted by molar-refractivity contribution is 5.59. The van der Waals surface area contributed by atoms with E-state index >= 15 is 0 Å². The van der Waals surface area contributed by atoms with E-state index in [-0.39, 0.29) is 5.69 Å². The third-order valence-corrected chi connectivity index (χ3v) is 3.50. The summed E-state index contributed by atoms with van der Waals surface area (Å²) in [6.45, 7) is 0.927. The number of anilines is 2. The normalized spacial score (nSPS) is 14.4. The Morgan fingerprint density at radius 3 is 2.40 bits per heavy atom. The van der Waals surface area contributed by atoms with Crippen molar-refractivity contribution in [2.24, 2.45) is 0 Å². The molecule has 0 aromatic heterocycles. The molecule has 0 aliphatic carbocycles. The van der Waals surface area contributed by atoms with Crippen LogP contribution in [0.2, 0.25) is 0 Å². The summed E-state index contributed by atoms with van der Waals surface area (Å²) in [4.78, 5) is 1.73. The van der Waals surface area contributed by atoms with Gasteiger partial charge in [-0.2, -0.15) is 13.2 Å². The summed E-state index contributed by atoms with van der Waals surface area (Å²) in [6.07, 6.45) is -4.34.